The standard InChI is InChI=1S/C15H19N3O5S2/c1-11-14(24-15(20)16-11)25(21,22)18-8-6-17(7-9-18)13(19)5-4-12-3-2-10-23-12/h2-3,10H,4-9H2,1H3,(H,16,20). The molecule has 3 rings (SSSR count). The molecule has 8 nitrogen and oxygen atoms in total. The summed E-state index contributed by atoms with van der Waals surface area (Å²) >= 11 is 0.697. The third-order valence-electron chi connectivity index (χ3n) is 4.11. The van der Waals surface area contributed by atoms with Gasteiger partial charge in [0, 0.05) is 44.7 Å². The molecule has 2 aromatic heterocycles. The predicted molar refractivity (Wildman–Crippen MR) is 92.0 cm³/mol. The van der Waals surface area contributed by atoms with Gasteiger partial charge in [-0.25, -0.2) is 8.42 Å². The first kappa shape index (κ1) is 17.9. The molecule has 1 N–H and O–H groups in total. The van der Waals surface area contributed by atoms with Gasteiger partial charge in [-0.05, 0) is 19.1 Å². The fourth-order valence-electron chi connectivity index (χ4n) is 2.77. The highest BCUT2D eigenvalue weighted by Gasteiger charge is 2.32. The van der Waals surface area contributed by atoms with E-state index in [-0.39, 0.29) is 28.1 Å². The molecule has 136 valence electrons. The zero-order valence-electron chi connectivity index (χ0n) is 13.7. The number of thiazole rings is 1. The Labute approximate surface area is 149 Å². The van der Waals surface area contributed by atoms with Gasteiger partial charge in [0.05, 0.1) is 6.26 Å². The van der Waals surface area contributed by atoms with Gasteiger partial charge in [0.15, 0.2) is 4.21 Å². The van der Waals surface area contributed by atoms with E-state index in [4.69, 9.17) is 4.42 Å². The smallest absolute Gasteiger partial charge is 0.305 e. The van der Waals surface area contributed by atoms with Crippen LogP contribution in [0.15, 0.2) is 31.8 Å². The number of rotatable bonds is 5. The van der Waals surface area contributed by atoms with Crippen LogP contribution in [0.2, 0.25) is 0 Å². The minimum atomic E-state index is -3.70. The van der Waals surface area contributed by atoms with Crippen molar-refractivity contribution in [1.29, 1.82) is 0 Å². The molecule has 0 bridgehead atoms. The Hall–Kier alpha value is -1.91. The summed E-state index contributed by atoms with van der Waals surface area (Å²) < 4.78 is 31.9. The Bertz CT molecular complexity index is 890. The van der Waals surface area contributed by atoms with Gasteiger partial charge in [-0.2, -0.15) is 4.31 Å². The molecule has 25 heavy (non-hydrogen) atoms. The molecule has 1 aliphatic heterocycles. The number of nitrogens with zero attached hydrogens (tertiary/aromatic N) is 2. The second-order valence-corrected chi connectivity index (χ2v) is 8.91. The average Bonchev–Trinajstić information content (AvgIpc) is 3.22. The van der Waals surface area contributed by atoms with Crippen LogP contribution in [0, 0.1) is 6.92 Å². The number of H-pyrrole nitrogens is 1. The predicted octanol–water partition coefficient (Wildman–Crippen LogP) is 0.804. The lowest BCUT2D eigenvalue weighted by atomic mass is 10.2. The molecule has 0 saturated carbocycles. The summed E-state index contributed by atoms with van der Waals surface area (Å²) in [6, 6.07) is 3.60. The number of hydrogen-bond acceptors (Lipinski definition) is 6. The summed E-state index contributed by atoms with van der Waals surface area (Å²) in [5, 5.41) is 0. The average molecular weight is 385 g/mol. The Kier molecular flexibility index (Phi) is 5.11. The summed E-state index contributed by atoms with van der Waals surface area (Å²) in [6.45, 7) is 2.70. The van der Waals surface area contributed by atoms with E-state index >= 15 is 0 Å². The van der Waals surface area contributed by atoms with E-state index in [9.17, 15) is 18.0 Å². The lowest BCUT2D eigenvalue weighted by Crippen LogP contribution is -2.50. The van der Waals surface area contributed by atoms with Crippen LogP contribution in [0.5, 0.6) is 0 Å². The molecular formula is C15H19N3O5S2. The van der Waals surface area contributed by atoms with E-state index in [2.05, 4.69) is 4.98 Å². The maximum Gasteiger partial charge on any atom is 0.305 e. The van der Waals surface area contributed by atoms with Gasteiger partial charge in [-0.3, -0.25) is 9.59 Å². The van der Waals surface area contributed by atoms with Crippen molar-refractivity contribution in [2.75, 3.05) is 26.2 Å². The van der Waals surface area contributed by atoms with Crippen molar-refractivity contribution in [3.63, 3.8) is 0 Å². The number of aryl methyl sites for hydroxylation is 2. The van der Waals surface area contributed by atoms with Gasteiger partial charge in [-0.1, -0.05) is 11.3 Å². The number of aromatic amines is 1. The third-order valence-corrected chi connectivity index (χ3v) is 7.59. The number of carbonyl (C=O) groups is 1. The summed E-state index contributed by atoms with van der Waals surface area (Å²) in [5.74, 6) is 0.739. The number of nitrogens with one attached hydrogen (secondary N) is 1. The fraction of sp³-hybridized carbons (Fsp3) is 0.467. The Morgan fingerprint density at radius 1 is 1.32 bits per heavy atom. The van der Waals surface area contributed by atoms with Crippen LogP contribution in [0.1, 0.15) is 17.9 Å². The van der Waals surface area contributed by atoms with Crippen molar-refractivity contribution < 1.29 is 17.6 Å². The maximum absolute atomic E-state index is 12.6. The number of sulfonamides is 1. The van der Waals surface area contributed by atoms with Gasteiger partial charge in [-0.15, -0.1) is 0 Å². The van der Waals surface area contributed by atoms with Crippen LogP contribution < -0.4 is 4.87 Å². The zero-order chi connectivity index (χ0) is 18.0. The highest BCUT2D eigenvalue weighted by Crippen LogP contribution is 2.22. The Morgan fingerprint density at radius 2 is 2.04 bits per heavy atom. The lowest BCUT2D eigenvalue weighted by molar-refractivity contribution is -0.132. The molecule has 1 amide bonds. The lowest BCUT2D eigenvalue weighted by Gasteiger charge is -2.33. The molecule has 0 radical (unpaired) electrons. The minimum absolute atomic E-state index is 0.0177. The molecule has 1 fully saturated rings. The van der Waals surface area contributed by atoms with E-state index in [1.165, 1.54) is 4.31 Å². The van der Waals surface area contributed by atoms with Crippen LogP contribution in [-0.2, 0) is 21.2 Å². The van der Waals surface area contributed by atoms with Crippen LogP contribution in [0.3, 0.4) is 0 Å². The molecule has 1 aliphatic rings. The van der Waals surface area contributed by atoms with Gasteiger partial charge < -0.3 is 14.3 Å². The van der Waals surface area contributed by atoms with E-state index in [1.54, 1.807) is 24.2 Å². The molecular weight excluding hydrogens is 366 g/mol. The van der Waals surface area contributed by atoms with Crippen LogP contribution in [-0.4, -0.2) is 54.7 Å². The van der Waals surface area contributed by atoms with Gasteiger partial charge in [0.25, 0.3) is 10.0 Å². The van der Waals surface area contributed by atoms with Crippen LogP contribution in [0.4, 0.5) is 0 Å². The highest BCUT2D eigenvalue weighted by atomic mass is 32.2. The summed E-state index contributed by atoms with van der Waals surface area (Å²) in [6.07, 6.45) is 2.43. The molecule has 1 saturated heterocycles. The second kappa shape index (κ2) is 7.14. The first-order valence-electron chi connectivity index (χ1n) is 7.88. The number of furan rings is 1. The summed E-state index contributed by atoms with van der Waals surface area (Å²) in [4.78, 5) is 27.4. The monoisotopic (exact) mass is 385 g/mol. The molecule has 0 aliphatic carbocycles. The molecule has 0 spiro atoms. The van der Waals surface area contributed by atoms with Crippen LogP contribution in [0.25, 0.3) is 0 Å². The van der Waals surface area contributed by atoms with E-state index in [0.717, 1.165) is 5.76 Å². The highest BCUT2D eigenvalue weighted by molar-refractivity contribution is 7.91. The van der Waals surface area contributed by atoms with Crippen molar-refractivity contribution in [3.8, 4) is 0 Å². The van der Waals surface area contributed by atoms with Crippen molar-refractivity contribution >= 4 is 27.3 Å². The maximum atomic E-state index is 12.6. The number of hydrogen-bond donors (Lipinski definition) is 1. The largest absolute Gasteiger partial charge is 0.469 e. The van der Waals surface area contributed by atoms with Gasteiger partial charge >= 0.3 is 4.87 Å². The number of amides is 1. The molecule has 0 unspecified atom stereocenters. The molecule has 0 atom stereocenters. The molecule has 2 aromatic rings. The number of carbonyl (C=O) groups excluding carboxylic acids is 1. The SMILES string of the molecule is Cc1[nH]c(=O)sc1S(=O)(=O)N1CCN(C(=O)CCc2ccco2)CC1. The van der Waals surface area contributed by atoms with Crippen molar-refractivity contribution in [1.82, 2.24) is 14.2 Å². The van der Waals surface area contributed by atoms with Crippen LogP contribution >= 0.6 is 11.3 Å². The minimum Gasteiger partial charge on any atom is -0.469 e. The van der Waals surface area contributed by atoms with Crippen molar-refractivity contribution in [2.45, 2.75) is 24.0 Å². The second-order valence-electron chi connectivity index (χ2n) is 5.79. The Morgan fingerprint density at radius 3 is 2.60 bits per heavy atom. The first-order chi connectivity index (χ1) is 11.9. The van der Waals surface area contributed by atoms with E-state index in [0.29, 0.717) is 43.0 Å². The molecule has 10 heteroatoms. The van der Waals surface area contributed by atoms with Gasteiger partial charge in [0.1, 0.15) is 5.76 Å². The first-order valence-corrected chi connectivity index (χ1v) is 10.1. The zero-order valence-corrected chi connectivity index (χ0v) is 15.4. The third kappa shape index (κ3) is 3.86. The molecule has 3 heterocycles. The normalized spacial score (nSPS) is 16.3. The Balaban J connectivity index is 1.58. The topological polar surface area (TPSA) is 104 Å². The quantitative estimate of drug-likeness (QED) is 0.820. The summed E-state index contributed by atoms with van der Waals surface area (Å²) in [5.41, 5.74) is 0.354. The fourth-order valence-corrected chi connectivity index (χ4v) is 5.63. The van der Waals surface area contributed by atoms with Crippen molar-refractivity contribution in [2.24, 2.45) is 0 Å². The summed E-state index contributed by atoms with van der Waals surface area (Å²) in [7, 11) is -3.70. The molecule has 0 aromatic carbocycles. The van der Waals surface area contributed by atoms with E-state index in [1.807, 2.05) is 6.07 Å². The van der Waals surface area contributed by atoms with Gasteiger partial charge in [0.2, 0.25) is 5.91 Å². The number of piperazine rings is 1. The van der Waals surface area contributed by atoms with E-state index < -0.39 is 10.0 Å². The van der Waals surface area contributed by atoms with Crippen molar-refractivity contribution in [3.05, 3.63) is 39.5 Å². The number of aromatic nitrogens is 1.